The Bertz CT molecular complexity index is 247. The lowest BCUT2D eigenvalue weighted by Gasteiger charge is -2.24. The summed E-state index contributed by atoms with van der Waals surface area (Å²) in [5.41, 5.74) is 0.333. The fraction of sp³-hybridized carbons (Fsp3) is 0.636. The van der Waals surface area contributed by atoms with E-state index in [1.54, 1.807) is 6.26 Å². The molecular formula is C11H15ClO. The number of hydrogen-bond acceptors (Lipinski definition) is 1. The molecule has 0 N–H and O–H groups in total. The van der Waals surface area contributed by atoms with E-state index in [9.17, 15) is 0 Å². The van der Waals surface area contributed by atoms with Crippen LogP contribution in [0.15, 0.2) is 22.8 Å². The smallest absolute Gasteiger partial charge is 0.104 e. The van der Waals surface area contributed by atoms with Crippen molar-refractivity contribution >= 4 is 11.6 Å². The second-order valence-corrected chi connectivity index (χ2v) is 4.36. The Kier molecular flexibility index (Phi) is 2.63. The molecule has 1 aliphatic rings. The summed E-state index contributed by atoms with van der Waals surface area (Å²) in [5.74, 6) is 1.86. The summed E-state index contributed by atoms with van der Waals surface area (Å²) in [6.45, 7) is 0. The molecule has 0 aliphatic heterocycles. The minimum Gasteiger partial charge on any atom is -0.469 e. The summed E-state index contributed by atoms with van der Waals surface area (Å²) < 4.78 is 5.36. The molecule has 1 aromatic heterocycles. The molecule has 0 saturated heterocycles. The molecule has 0 bridgehead atoms. The average Bonchev–Trinajstić information content (AvgIpc) is 2.77. The first-order chi connectivity index (χ1) is 6.35. The van der Waals surface area contributed by atoms with E-state index in [-0.39, 0.29) is 0 Å². The zero-order valence-electron chi connectivity index (χ0n) is 7.76. The van der Waals surface area contributed by atoms with E-state index in [2.05, 4.69) is 0 Å². The summed E-state index contributed by atoms with van der Waals surface area (Å²) in [6.07, 6.45) is 7.94. The molecule has 1 aromatic rings. The monoisotopic (exact) mass is 198 g/mol. The van der Waals surface area contributed by atoms with Crippen molar-refractivity contribution in [1.82, 2.24) is 0 Å². The van der Waals surface area contributed by atoms with Gasteiger partial charge in [-0.15, -0.1) is 11.6 Å². The lowest BCUT2D eigenvalue weighted by Crippen LogP contribution is -2.21. The zero-order chi connectivity index (χ0) is 9.15. The van der Waals surface area contributed by atoms with Crippen LogP contribution in [0.3, 0.4) is 0 Å². The highest BCUT2D eigenvalue weighted by Gasteiger charge is 2.33. The van der Waals surface area contributed by atoms with Gasteiger partial charge in [0.15, 0.2) is 0 Å². The van der Waals surface area contributed by atoms with Crippen LogP contribution in [0.5, 0.6) is 0 Å². The van der Waals surface area contributed by atoms with Crippen molar-refractivity contribution in [2.45, 2.75) is 32.1 Å². The molecule has 0 aromatic carbocycles. The average molecular weight is 199 g/mol. The van der Waals surface area contributed by atoms with Crippen molar-refractivity contribution < 1.29 is 4.42 Å². The van der Waals surface area contributed by atoms with E-state index in [4.69, 9.17) is 16.0 Å². The molecule has 1 fully saturated rings. The molecule has 2 rings (SSSR count). The standard InChI is InChI=1S/C11H15ClO/c12-9-11(5-1-2-6-11)8-10-4-3-7-13-10/h3-4,7H,1-2,5-6,8-9H2. The normalized spacial score (nSPS) is 20.7. The fourth-order valence-corrected chi connectivity index (χ4v) is 2.63. The minimum atomic E-state index is 0.333. The van der Waals surface area contributed by atoms with Crippen LogP contribution >= 0.6 is 11.6 Å². The third kappa shape index (κ3) is 1.91. The van der Waals surface area contributed by atoms with Crippen LogP contribution in [0.2, 0.25) is 0 Å². The van der Waals surface area contributed by atoms with Gasteiger partial charge in [-0.25, -0.2) is 0 Å². The Hall–Kier alpha value is -0.430. The highest BCUT2D eigenvalue weighted by Crippen LogP contribution is 2.41. The van der Waals surface area contributed by atoms with E-state index < -0.39 is 0 Å². The first kappa shape index (κ1) is 9.14. The molecule has 0 radical (unpaired) electrons. The Morgan fingerprint density at radius 2 is 2.15 bits per heavy atom. The first-order valence-corrected chi connectivity index (χ1v) is 5.46. The van der Waals surface area contributed by atoms with Crippen molar-refractivity contribution in [2.24, 2.45) is 5.41 Å². The van der Waals surface area contributed by atoms with Crippen molar-refractivity contribution in [1.29, 1.82) is 0 Å². The van der Waals surface area contributed by atoms with Gasteiger partial charge >= 0.3 is 0 Å². The maximum atomic E-state index is 6.04. The number of halogens is 1. The largest absolute Gasteiger partial charge is 0.469 e. The van der Waals surface area contributed by atoms with Gasteiger partial charge in [-0.2, -0.15) is 0 Å². The topological polar surface area (TPSA) is 13.1 Å². The van der Waals surface area contributed by atoms with Gasteiger partial charge in [0.25, 0.3) is 0 Å². The van der Waals surface area contributed by atoms with Gasteiger partial charge < -0.3 is 4.42 Å². The predicted octanol–water partition coefficient (Wildman–Crippen LogP) is 3.62. The summed E-state index contributed by atoms with van der Waals surface area (Å²) in [5, 5.41) is 0. The van der Waals surface area contributed by atoms with Crippen LogP contribution in [0.25, 0.3) is 0 Å². The Morgan fingerprint density at radius 3 is 2.69 bits per heavy atom. The van der Waals surface area contributed by atoms with Crippen LogP contribution in [-0.4, -0.2) is 5.88 Å². The Balaban J connectivity index is 2.06. The van der Waals surface area contributed by atoms with Crippen molar-refractivity contribution in [3.05, 3.63) is 24.2 Å². The molecule has 1 heterocycles. The zero-order valence-corrected chi connectivity index (χ0v) is 8.52. The van der Waals surface area contributed by atoms with Gasteiger partial charge in [0.05, 0.1) is 6.26 Å². The maximum Gasteiger partial charge on any atom is 0.104 e. The van der Waals surface area contributed by atoms with Gasteiger partial charge in [0.2, 0.25) is 0 Å². The van der Waals surface area contributed by atoms with Crippen LogP contribution in [0, 0.1) is 5.41 Å². The van der Waals surface area contributed by atoms with Gasteiger partial charge in [-0.1, -0.05) is 12.8 Å². The van der Waals surface area contributed by atoms with Crippen molar-refractivity contribution in [2.75, 3.05) is 5.88 Å². The second-order valence-electron chi connectivity index (χ2n) is 4.10. The summed E-state index contributed by atoms with van der Waals surface area (Å²) in [7, 11) is 0. The molecule has 72 valence electrons. The summed E-state index contributed by atoms with van der Waals surface area (Å²) in [6, 6.07) is 4.00. The molecule has 2 heteroatoms. The van der Waals surface area contributed by atoms with E-state index in [0.29, 0.717) is 5.41 Å². The lowest BCUT2D eigenvalue weighted by molar-refractivity contribution is 0.310. The van der Waals surface area contributed by atoms with Crippen LogP contribution < -0.4 is 0 Å². The molecule has 1 nitrogen and oxygen atoms in total. The lowest BCUT2D eigenvalue weighted by atomic mass is 9.84. The molecule has 1 aliphatic carbocycles. The third-order valence-electron chi connectivity index (χ3n) is 3.08. The quantitative estimate of drug-likeness (QED) is 0.677. The highest BCUT2D eigenvalue weighted by atomic mass is 35.5. The SMILES string of the molecule is ClCC1(Cc2ccco2)CCCC1. The number of rotatable bonds is 3. The number of alkyl halides is 1. The van der Waals surface area contributed by atoms with E-state index >= 15 is 0 Å². The fourth-order valence-electron chi connectivity index (χ4n) is 2.27. The maximum absolute atomic E-state index is 6.04. The van der Waals surface area contributed by atoms with Crippen LogP contribution in [0.1, 0.15) is 31.4 Å². The molecule has 0 unspecified atom stereocenters. The predicted molar refractivity (Wildman–Crippen MR) is 54.0 cm³/mol. The molecule has 0 spiro atoms. The van der Waals surface area contributed by atoms with Crippen LogP contribution in [-0.2, 0) is 6.42 Å². The first-order valence-electron chi connectivity index (χ1n) is 4.93. The van der Waals surface area contributed by atoms with Gasteiger partial charge in [-0.3, -0.25) is 0 Å². The Morgan fingerprint density at radius 1 is 1.38 bits per heavy atom. The van der Waals surface area contributed by atoms with Crippen LogP contribution in [0.4, 0.5) is 0 Å². The second kappa shape index (κ2) is 3.75. The minimum absolute atomic E-state index is 0.333. The number of furan rings is 1. The van der Waals surface area contributed by atoms with E-state index in [1.807, 2.05) is 12.1 Å². The molecule has 0 amide bonds. The summed E-state index contributed by atoms with van der Waals surface area (Å²) >= 11 is 6.04. The van der Waals surface area contributed by atoms with Gasteiger partial charge in [0, 0.05) is 12.3 Å². The molecular weight excluding hydrogens is 184 g/mol. The highest BCUT2D eigenvalue weighted by molar-refractivity contribution is 6.18. The molecule has 1 saturated carbocycles. The van der Waals surface area contributed by atoms with E-state index in [1.165, 1.54) is 25.7 Å². The summed E-state index contributed by atoms with van der Waals surface area (Å²) in [4.78, 5) is 0. The molecule has 0 atom stereocenters. The van der Waals surface area contributed by atoms with Gasteiger partial charge in [0.1, 0.15) is 5.76 Å². The van der Waals surface area contributed by atoms with E-state index in [0.717, 1.165) is 18.1 Å². The Labute approximate surface area is 84.1 Å². The van der Waals surface area contributed by atoms with Gasteiger partial charge in [-0.05, 0) is 30.4 Å². The van der Waals surface area contributed by atoms with Crippen molar-refractivity contribution in [3.63, 3.8) is 0 Å². The third-order valence-corrected chi connectivity index (χ3v) is 3.64. The van der Waals surface area contributed by atoms with Crippen molar-refractivity contribution in [3.8, 4) is 0 Å². The molecule has 13 heavy (non-hydrogen) atoms. The number of hydrogen-bond donors (Lipinski definition) is 0.